The van der Waals surface area contributed by atoms with E-state index in [2.05, 4.69) is 20.1 Å². The van der Waals surface area contributed by atoms with Crippen LogP contribution in [0.25, 0.3) is 0 Å². The molecule has 3 heterocycles. The monoisotopic (exact) mass is 371 g/mol. The quantitative estimate of drug-likeness (QED) is 0.877. The molecule has 27 heavy (non-hydrogen) atoms. The van der Waals surface area contributed by atoms with Crippen molar-refractivity contribution in [1.82, 2.24) is 14.9 Å². The highest BCUT2D eigenvalue weighted by Gasteiger charge is 2.29. The average molecular weight is 372 g/mol. The van der Waals surface area contributed by atoms with Crippen molar-refractivity contribution in [2.24, 2.45) is 0 Å². The van der Waals surface area contributed by atoms with Gasteiger partial charge in [0.15, 0.2) is 0 Å². The first-order valence-corrected chi connectivity index (χ1v) is 10.9. The van der Waals surface area contributed by atoms with Crippen LogP contribution in [0, 0.1) is 0 Å². The van der Waals surface area contributed by atoms with E-state index in [9.17, 15) is 4.79 Å². The van der Waals surface area contributed by atoms with Gasteiger partial charge in [-0.05, 0) is 51.1 Å². The molecule has 148 valence electrons. The van der Waals surface area contributed by atoms with Crippen molar-refractivity contribution in [3.05, 3.63) is 12.3 Å². The van der Waals surface area contributed by atoms with E-state index in [0.717, 1.165) is 63.6 Å². The van der Waals surface area contributed by atoms with Gasteiger partial charge in [0.1, 0.15) is 11.6 Å². The SMILES string of the molecule is O=C1CCC(N2CCC[C@H](Nc3nccc(N4CCCCCC4)n3)C2)CC1. The summed E-state index contributed by atoms with van der Waals surface area (Å²) in [5.74, 6) is 2.27. The summed E-state index contributed by atoms with van der Waals surface area (Å²) in [5, 5.41) is 3.60. The van der Waals surface area contributed by atoms with E-state index in [1.165, 1.54) is 38.5 Å². The fourth-order valence-corrected chi connectivity index (χ4v) is 4.82. The number of carbonyl (C=O) groups is 1. The van der Waals surface area contributed by atoms with Crippen LogP contribution in [0.3, 0.4) is 0 Å². The van der Waals surface area contributed by atoms with E-state index in [0.29, 0.717) is 17.9 Å². The Kier molecular flexibility index (Phi) is 6.22. The minimum absolute atomic E-state index is 0.399. The van der Waals surface area contributed by atoms with Gasteiger partial charge < -0.3 is 10.2 Å². The Labute approximate surface area is 162 Å². The number of rotatable bonds is 4. The summed E-state index contributed by atoms with van der Waals surface area (Å²) in [6.45, 7) is 4.41. The summed E-state index contributed by atoms with van der Waals surface area (Å²) in [7, 11) is 0. The van der Waals surface area contributed by atoms with Crippen molar-refractivity contribution in [2.45, 2.75) is 76.3 Å². The average Bonchev–Trinajstić information content (AvgIpc) is 2.99. The van der Waals surface area contributed by atoms with Crippen LogP contribution in [0.15, 0.2) is 12.3 Å². The molecule has 3 fully saturated rings. The molecule has 0 amide bonds. The Morgan fingerprint density at radius 2 is 1.74 bits per heavy atom. The molecule has 0 aromatic carbocycles. The Morgan fingerprint density at radius 1 is 0.963 bits per heavy atom. The Balaban J connectivity index is 1.35. The van der Waals surface area contributed by atoms with Crippen LogP contribution >= 0.6 is 0 Å². The molecule has 2 saturated heterocycles. The molecule has 1 atom stereocenters. The summed E-state index contributed by atoms with van der Waals surface area (Å²) in [5.41, 5.74) is 0. The molecule has 0 radical (unpaired) electrons. The summed E-state index contributed by atoms with van der Waals surface area (Å²) in [6.07, 6.45) is 13.0. The maximum atomic E-state index is 11.5. The van der Waals surface area contributed by atoms with Crippen LogP contribution in [0.4, 0.5) is 11.8 Å². The molecular weight excluding hydrogens is 338 g/mol. The lowest BCUT2D eigenvalue weighted by molar-refractivity contribution is -0.121. The molecule has 1 N–H and O–H groups in total. The summed E-state index contributed by atoms with van der Waals surface area (Å²) in [4.78, 5) is 25.8. The van der Waals surface area contributed by atoms with Gasteiger partial charge in [-0.25, -0.2) is 4.98 Å². The van der Waals surface area contributed by atoms with Crippen LogP contribution < -0.4 is 10.2 Å². The normalized spacial score (nSPS) is 26.0. The van der Waals surface area contributed by atoms with Gasteiger partial charge in [-0.3, -0.25) is 9.69 Å². The highest BCUT2D eigenvalue weighted by molar-refractivity contribution is 5.79. The van der Waals surface area contributed by atoms with Crippen molar-refractivity contribution in [3.63, 3.8) is 0 Å². The minimum atomic E-state index is 0.399. The molecule has 2 aliphatic heterocycles. The summed E-state index contributed by atoms with van der Waals surface area (Å²) in [6, 6.07) is 3.02. The zero-order chi connectivity index (χ0) is 18.5. The molecule has 4 rings (SSSR count). The lowest BCUT2D eigenvalue weighted by Crippen LogP contribution is -2.48. The molecule has 1 aliphatic carbocycles. The van der Waals surface area contributed by atoms with E-state index in [1.54, 1.807) is 0 Å². The van der Waals surface area contributed by atoms with Crippen LogP contribution in [0.2, 0.25) is 0 Å². The first-order chi connectivity index (χ1) is 13.3. The molecule has 3 aliphatic rings. The highest BCUT2D eigenvalue weighted by Crippen LogP contribution is 2.25. The molecule has 1 aromatic rings. The van der Waals surface area contributed by atoms with Crippen molar-refractivity contribution in [2.75, 3.05) is 36.4 Å². The molecule has 1 saturated carbocycles. The lowest BCUT2D eigenvalue weighted by Gasteiger charge is -2.40. The standard InChI is InChI=1S/C21H33N5O/c27-19-9-7-18(8-10-19)26-15-5-6-17(16-26)23-21-22-12-11-20(24-21)25-13-3-1-2-4-14-25/h11-12,17-18H,1-10,13-16H2,(H,22,23,24)/t17-/m0/s1. The summed E-state index contributed by atoms with van der Waals surface area (Å²) < 4.78 is 0. The predicted molar refractivity (Wildman–Crippen MR) is 108 cm³/mol. The number of ketones is 1. The van der Waals surface area contributed by atoms with Gasteiger partial charge in [-0.2, -0.15) is 4.98 Å². The van der Waals surface area contributed by atoms with Gasteiger partial charge in [-0.15, -0.1) is 0 Å². The second-order valence-electron chi connectivity index (χ2n) is 8.39. The molecule has 1 aromatic heterocycles. The minimum Gasteiger partial charge on any atom is -0.356 e. The van der Waals surface area contributed by atoms with Crippen molar-refractivity contribution in [1.29, 1.82) is 0 Å². The largest absolute Gasteiger partial charge is 0.356 e. The number of hydrogen-bond acceptors (Lipinski definition) is 6. The number of carbonyl (C=O) groups excluding carboxylic acids is 1. The van der Waals surface area contributed by atoms with Gasteiger partial charge in [0.25, 0.3) is 0 Å². The molecule has 0 bridgehead atoms. The lowest BCUT2D eigenvalue weighted by atomic mass is 9.91. The van der Waals surface area contributed by atoms with Gasteiger partial charge in [0, 0.05) is 50.8 Å². The van der Waals surface area contributed by atoms with Crippen LogP contribution in [0.5, 0.6) is 0 Å². The van der Waals surface area contributed by atoms with Gasteiger partial charge in [-0.1, -0.05) is 12.8 Å². The maximum Gasteiger partial charge on any atom is 0.224 e. The van der Waals surface area contributed by atoms with Crippen LogP contribution in [0.1, 0.15) is 64.2 Å². The zero-order valence-corrected chi connectivity index (χ0v) is 16.4. The first-order valence-electron chi connectivity index (χ1n) is 10.9. The predicted octanol–water partition coefficient (Wildman–Crippen LogP) is 3.25. The van der Waals surface area contributed by atoms with Crippen molar-refractivity contribution < 1.29 is 4.79 Å². The molecule has 0 unspecified atom stereocenters. The number of hydrogen-bond donors (Lipinski definition) is 1. The number of anilines is 2. The third-order valence-corrected chi connectivity index (χ3v) is 6.39. The van der Waals surface area contributed by atoms with Crippen LogP contribution in [-0.2, 0) is 4.79 Å². The van der Waals surface area contributed by atoms with E-state index in [4.69, 9.17) is 4.98 Å². The number of aromatic nitrogens is 2. The van der Waals surface area contributed by atoms with E-state index in [-0.39, 0.29) is 0 Å². The highest BCUT2D eigenvalue weighted by atomic mass is 16.1. The molecule has 0 spiro atoms. The Hall–Kier alpha value is -1.69. The zero-order valence-electron chi connectivity index (χ0n) is 16.4. The fraction of sp³-hybridized carbons (Fsp3) is 0.762. The van der Waals surface area contributed by atoms with Gasteiger partial charge >= 0.3 is 0 Å². The smallest absolute Gasteiger partial charge is 0.224 e. The van der Waals surface area contributed by atoms with E-state index >= 15 is 0 Å². The summed E-state index contributed by atoms with van der Waals surface area (Å²) >= 11 is 0. The Morgan fingerprint density at radius 3 is 2.52 bits per heavy atom. The molecule has 6 nitrogen and oxygen atoms in total. The number of Topliss-reactive ketones (excluding diaryl/α,β-unsaturated/α-hetero) is 1. The fourth-order valence-electron chi connectivity index (χ4n) is 4.82. The van der Waals surface area contributed by atoms with Crippen molar-refractivity contribution in [3.8, 4) is 0 Å². The molecular formula is C21H33N5O. The molecule has 6 heteroatoms. The van der Waals surface area contributed by atoms with E-state index in [1.807, 2.05) is 12.3 Å². The first kappa shape index (κ1) is 18.7. The van der Waals surface area contributed by atoms with E-state index < -0.39 is 0 Å². The van der Waals surface area contributed by atoms with Crippen molar-refractivity contribution >= 4 is 17.5 Å². The van der Waals surface area contributed by atoms with Gasteiger partial charge in [0.2, 0.25) is 5.95 Å². The number of nitrogens with zero attached hydrogens (tertiary/aromatic N) is 4. The second kappa shape index (κ2) is 9.00. The van der Waals surface area contributed by atoms with Gasteiger partial charge in [0.05, 0.1) is 0 Å². The maximum absolute atomic E-state index is 11.5. The number of likely N-dealkylation sites (tertiary alicyclic amines) is 1. The second-order valence-corrected chi connectivity index (χ2v) is 8.39. The van der Waals surface area contributed by atoms with Crippen LogP contribution in [-0.4, -0.2) is 58.9 Å². The third kappa shape index (κ3) is 4.98. The number of piperidine rings is 1. The Bertz CT molecular complexity index is 619. The number of nitrogens with one attached hydrogen (secondary N) is 1. The topological polar surface area (TPSA) is 61.4 Å². The third-order valence-electron chi connectivity index (χ3n) is 6.39.